The summed E-state index contributed by atoms with van der Waals surface area (Å²) in [5, 5.41) is 1.03. The predicted molar refractivity (Wildman–Crippen MR) is 108 cm³/mol. The van der Waals surface area contributed by atoms with Crippen molar-refractivity contribution in [1.82, 2.24) is 4.98 Å². The van der Waals surface area contributed by atoms with Crippen molar-refractivity contribution >= 4 is 23.0 Å². The van der Waals surface area contributed by atoms with Gasteiger partial charge >= 0.3 is 12.1 Å². The fourth-order valence-electron chi connectivity index (χ4n) is 6.26. The summed E-state index contributed by atoms with van der Waals surface area (Å²) in [5.41, 5.74) is 9.01. The second kappa shape index (κ2) is 7.17. The largest absolute Gasteiger partial charge is 0.516 e. The smallest absolute Gasteiger partial charge is 0.430 e. The molecule has 0 unspecified atom stereocenters. The molecule has 0 aliphatic heterocycles. The van der Waals surface area contributed by atoms with Gasteiger partial charge in [-0.3, -0.25) is 0 Å². The summed E-state index contributed by atoms with van der Waals surface area (Å²) in [7, 11) is 0. The number of aryl methyl sites for hydroxylation is 1. The molecule has 29 heavy (non-hydrogen) atoms. The maximum atomic E-state index is 12.4. The topological polar surface area (TPSA) is 94.4 Å². The van der Waals surface area contributed by atoms with E-state index in [-0.39, 0.29) is 6.10 Å². The third kappa shape index (κ3) is 3.44. The summed E-state index contributed by atoms with van der Waals surface area (Å²) in [5.74, 6) is 1.71. The Bertz CT molecular complexity index is 922. The zero-order valence-corrected chi connectivity index (χ0v) is 16.7. The Kier molecular flexibility index (Phi) is 4.62. The van der Waals surface area contributed by atoms with E-state index in [0.29, 0.717) is 18.3 Å². The molecule has 1 aromatic carbocycles. The van der Waals surface area contributed by atoms with Crippen LogP contribution in [-0.4, -0.2) is 29.3 Å². The van der Waals surface area contributed by atoms with Gasteiger partial charge in [0.15, 0.2) is 0 Å². The highest BCUT2D eigenvalue weighted by Gasteiger charge is 2.50. The van der Waals surface area contributed by atoms with Crippen LogP contribution in [0.25, 0.3) is 10.9 Å². The van der Waals surface area contributed by atoms with Gasteiger partial charge in [0, 0.05) is 23.0 Å². The first kappa shape index (κ1) is 18.7. The lowest BCUT2D eigenvalue weighted by Crippen LogP contribution is -2.50. The van der Waals surface area contributed by atoms with Gasteiger partial charge < -0.3 is 20.2 Å². The number of nitrogens with two attached hydrogens (primary N) is 1. The highest BCUT2D eigenvalue weighted by molar-refractivity contribution is 5.88. The number of rotatable bonds is 4. The van der Waals surface area contributed by atoms with Crippen molar-refractivity contribution in [2.45, 2.75) is 57.6 Å². The first-order chi connectivity index (χ1) is 14.0. The molecule has 4 bridgehead atoms. The molecule has 3 N–H and O–H groups in total. The number of esters is 1. The summed E-state index contributed by atoms with van der Waals surface area (Å²) in [6, 6.07) is 6.96. The number of H-pyrrole nitrogens is 1. The maximum absolute atomic E-state index is 12.4. The Labute approximate surface area is 170 Å². The van der Waals surface area contributed by atoms with Crippen LogP contribution in [0.4, 0.5) is 4.79 Å². The monoisotopic (exact) mass is 396 g/mol. The number of hydrogen-bond donors (Lipinski definition) is 2. The normalized spacial score (nSPS) is 31.0. The number of benzene rings is 1. The van der Waals surface area contributed by atoms with Crippen LogP contribution in [0.1, 0.15) is 43.4 Å². The number of carbonyl (C=O) groups excluding carboxylic acids is 2. The molecule has 1 atom stereocenters. The van der Waals surface area contributed by atoms with Crippen molar-refractivity contribution in [1.29, 1.82) is 0 Å². The molecule has 0 saturated heterocycles. The van der Waals surface area contributed by atoms with E-state index in [1.54, 1.807) is 0 Å². The number of para-hydroxylation sites is 1. The van der Waals surface area contributed by atoms with Crippen LogP contribution in [0.15, 0.2) is 24.3 Å². The van der Waals surface area contributed by atoms with E-state index in [9.17, 15) is 9.59 Å². The number of ether oxygens (including phenoxy) is 2. The van der Waals surface area contributed by atoms with Gasteiger partial charge in [0.05, 0.1) is 0 Å². The molecule has 0 amide bonds. The van der Waals surface area contributed by atoms with Gasteiger partial charge in [-0.15, -0.1) is 0 Å². The van der Waals surface area contributed by atoms with Gasteiger partial charge in [0.2, 0.25) is 0 Å². The summed E-state index contributed by atoms with van der Waals surface area (Å²) in [6.07, 6.45) is 5.20. The summed E-state index contributed by atoms with van der Waals surface area (Å²) < 4.78 is 10.6. The Hall–Kier alpha value is -2.34. The second-order valence-electron chi connectivity index (χ2n) is 9.27. The number of hydrogen-bond acceptors (Lipinski definition) is 5. The number of aromatic amines is 1. The van der Waals surface area contributed by atoms with Crippen LogP contribution in [0.5, 0.6) is 0 Å². The minimum atomic E-state index is -0.918. The summed E-state index contributed by atoms with van der Waals surface area (Å²) in [6.45, 7) is 1.95. The molecule has 0 spiro atoms. The van der Waals surface area contributed by atoms with Crippen molar-refractivity contribution in [2.24, 2.45) is 29.4 Å². The number of nitrogens with one attached hydrogen (secondary N) is 1. The van der Waals surface area contributed by atoms with Crippen molar-refractivity contribution in [3.63, 3.8) is 0 Å². The average Bonchev–Trinajstić information content (AvgIpc) is 2.99. The molecule has 4 aliphatic rings. The Balaban J connectivity index is 1.20. The standard InChI is InChI=1S/C23H28N2O4/c1-12-18(17-4-2-3-5-20(17)25-12)11-19(24)22(26)29-23(27)28-21-15-7-13-6-14(9-15)10-16(21)8-13/h2-5,13-16,19,21,25H,6-11,24H2,1H3/t13?,14?,15?,16?,19-,21?/m1/s1. The Morgan fingerprint density at radius 1 is 1.10 bits per heavy atom. The fraction of sp³-hybridized carbons (Fsp3) is 0.565. The van der Waals surface area contributed by atoms with E-state index in [2.05, 4.69) is 4.98 Å². The minimum absolute atomic E-state index is 0.102. The van der Waals surface area contributed by atoms with Gasteiger partial charge in [-0.1, -0.05) is 18.2 Å². The lowest BCUT2D eigenvalue weighted by molar-refractivity contribution is -0.147. The van der Waals surface area contributed by atoms with Crippen molar-refractivity contribution < 1.29 is 19.1 Å². The van der Waals surface area contributed by atoms with Gasteiger partial charge in [-0.05, 0) is 74.3 Å². The molecule has 2 aromatic rings. The minimum Gasteiger partial charge on any atom is -0.430 e. The van der Waals surface area contributed by atoms with E-state index < -0.39 is 18.2 Å². The van der Waals surface area contributed by atoms with Crippen LogP contribution in [0, 0.1) is 30.6 Å². The van der Waals surface area contributed by atoms with Crippen LogP contribution in [0.2, 0.25) is 0 Å². The third-order valence-electron chi connectivity index (χ3n) is 7.31. The predicted octanol–water partition coefficient (Wildman–Crippen LogP) is 3.85. The highest BCUT2D eigenvalue weighted by atomic mass is 16.7. The molecule has 6 heteroatoms. The Morgan fingerprint density at radius 3 is 2.45 bits per heavy atom. The molecule has 6 nitrogen and oxygen atoms in total. The maximum Gasteiger partial charge on any atom is 0.516 e. The molecule has 4 saturated carbocycles. The molecule has 1 heterocycles. The SMILES string of the molecule is Cc1[nH]c2ccccc2c1C[C@@H](N)C(=O)OC(=O)OC1C2CC3CC(C2)CC1C3. The molecular weight excluding hydrogens is 368 g/mol. The van der Waals surface area contributed by atoms with E-state index >= 15 is 0 Å². The van der Waals surface area contributed by atoms with E-state index in [1.807, 2.05) is 31.2 Å². The molecule has 4 fully saturated rings. The fourth-order valence-corrected chi connectivity index (χ4v) is 6.26. The lowest BCUT2D eigenvalue weighted by atomic mass is 9.55. The van der Waals surface area contributed by atoms with Crippen LogP contribution in [0.3, 0.4) is 0 Å². The van der Waals surface area contributed by atoms with E-state index in [4.69, 9.17) is 15.2 Å². The molecule has 0 radical (unpaired) electrons. The first-order valence-electron chi connectivity index (χ1n) is 10.7. The number of carbonyl (C=O) groups is 2. The molecule has 4 aliphatic carbocycles. The van der Waals surface area contributed by atoms with Gasteiger partial charge in [0.25, 0.3) is 0 Å². The molecule has 1 aromatic heterocycles. The molecule has 154 valence electrons. The van der Waals surface area contributed by atoms with Crippen LogP contribution >= 0.6 is 0 Å². The highest BCUT2D eigenvalue weighted by Crippen LogP contribution is 2.54. The zero-order valence-electron chi connectivity index (χ0n) is 16.7. The van der Waals surface area contributed by atoms with Crippen molar-refractivity contribution in [3.8, 4) is 0 Å². The molecular formula is C23H28N2O4. The van der Waals surface area contributed by atoms with E-state index in [1.165, 1.54) is 6.42 Å². The van der Waals surface area contributed by atoms with Crippen molar-refractivity contribution in [2.75, 3.05) is 0 Å². The third-order valence-corrected chi connectivity index (χ3v) is 7.31. The summed E-state index contributed by atoms with van der Waals surface area (Å²) in [4.78, 5) is 28.0. The average molecular weight is 396 g/mol. The van der Waals surface area contributed by atoms with Crippen molar-refractivity contribution in [3.05, 3.63) is 35.5 Å². The summed E-state index contributed by atoms with van der Waals surface area (Å²) >= 11 is 0. The van der Waals surface area contributed by atoms with Gasteiger partial charge in [-0.25, -0.2) is 9.59 Å². The zero-order chi connectivity index (χ0) is 20.1. The lowest BCUT2D eigenvalue weighted by Gasteiger charge is -2.53. The van der Waals surface area contributed by atoms with Crippen LogP contribution in [-0.2, 0) is 20.7 Å². The van der Waals surface area contributed by atoms with Gasteiger partial charge in [-0.2, -0.15) is 0 Å². The number of aromatic nitrogens is 1. The Morgan fingerprint density at radius 2 is 1.76 bits per heavy atom. The van der Waals surface area contributed by atoms with Gasteiger partial charge in [0.1, 0.15) is 12.1 Å². The first-order valence-corrected chi connectivity index (χ1v) is 10.7. The molecule has 6 rings (SSSR count). The van der Waals surface area contributed by atoms with Crippen LogP contribution < -0.4 is 5.73 Å². The quantitative estimate of drug-likeness (QED) is 0.605. The number of fused-ring (bicyclic) bond motifs is 1. The van der Waals surface area contributed by atoms with E-state index in [0.717, 1.165) is 59.7 Å². The second-order valence-corrected chi connectivity index (χ2v) is 9.27.